The number of carbonyl (C=O) groups is 1. The maximum atomic E-state index is 16.8. The zero-order valence-corrected chi connectivity index (χ0v) is 18.7. The number of rotatable bonds is 5. The van der Waals surface area contributed by atoms with E-state index >= 15 is 4.39 Å². The molecule has 1 aliphatic carbocycles. The van der Waals surface area contributed by atoms with E-state index in [1.54, 1.807) is 6.07 Å². The molecule has 0 radical (unpaired) electrons. The molecule has 1 aromatic rings. The van der Waals surface area contributed by atoms with Crippen LogP contribution in [0.15, 0.2) is 18.2 Å². The Bertz CT molecular complexity index is 721. The summed E-state index contributed by atoms with van der Waals surface area (Å²) in [4.78, 5) is 14.1. The third-order valence-electron chi connectivity index (χ3n) is 6.55. The number of halogens is 3. The van der Waals surface area contributed by atoms with Crippen LogP contribution in [0.2, 0.25) is 10.0 Å². The van der Waals surface area contributed by atoms with E-state index in [1.807, 2.05) is 26.0 Å². The number of benzene rings is 1. The van der Waals surface area contributed by atoms with E-state index in [0.29, 0.717) is 42.3 Å². The molecule has 162 valence electrons. The van der Waals surface area contributed by atoms with Crippen LogP contribution in [0.25, 0.3) is 0 Å². The molecule has 2 aliphatic rings. The lowest BCUT2D eigenvalue weighted by molar-refractivity contribution is -0.0833. The van der Waals surface area contributed by atoms with Crippen LogP contribution in [0.3, 0.4) is 0 Å². The van der Waals surface area contributed by atoms with Crippen molar-refractivity contribution in [1.29, 1.82) is 0 Å². The molecule has 5 nitrogen and oxygen atoms in total. The highest BCUT2D eigenvalue weighted by Crippen LogP contribution is 2.51. The van der Waals surface area contributed by atoms with Gasteiger partial charge in [-0.1, -0.05) is 35.3 Å². The third kappa shape index (κ3) is 4.50. The first-order valence-electron chi connectivity index (χ1n) is 10.5. The second-order valence-electron chi connectivity index (χ2n) is 8.15. The maximum absolute atomic E-state index is 16.8. The van der Waals surface area contributed by atoms with Gasteiger partial charge in [-0.25, -0.2) is 9.18 Å². The summed E-state index contributed by atoms with van der Waals surface area (Å²) < 4.78 is 16.8. The van der Waals surface area contributed by atoms with Crippen molar-refractivity contribution in [2.24, 2.45) is 0 Å². The topological polar surface area (TPSA) is 56.4 Å². The number of amides is 2. The third-order valence-corrected chi connectivity index (χ3v) is 7.37. The molecule has 1 heterocycles. The number of piperazine rings is 1. The fourth-order valence-corrected chi connectivity index (χ4v) is 5.27. The zero-order chi connectivity index (χ0) is 21.1. The van der Waals surface area contributed by atoms with Gasteiger partial charge in [0.15, 0.2) is 0 Å². The van der Waals surface area contributed by atoms with Crippen LogP contribution in [-0.4, -0.2) is 55.4 Å². The number of urea groups is 1. The van der Waals surface area contributed by atoms with Crippen molar-refractivity contribution >= 4 is 29.2 Å². The van der Waals surface area contributed by atoms with Crippen molar-refractivity contribution in [3.8, 4) is 0 Å². The molecule has 1 atom stereocenters. The van der Waals surface area contributed by atoms with Gasteiger partial charge in [-0.05, 0) is 51.2 Å². The molecule has 29 heavy (non-hydrogen) atoms. The Morgan fingerprint density at radius 2 is 1.97 bits per heavy atom. The zero-order valence-electron chi connectivity index (χ0n) is 17.2. The number of nitrogens with one attached hydrogen (secondary N) is 3. The summed E-state index contributed by atoms with van der Waals surface area (Å²) >= 11 is 12.9. The Morgan fingerprint density at radius 1 is 1.31 bits per heavy atom. The van der Waals surface area contributed by atoms with Crippen molar-refractivity contribution in [2.75, 3.05) is 32.7 Å². The largest absolute Gasteiger partial charge is 0.338 e. The molecule has 1 unspecified atom stereocenters. The van der Waals surface area contributed by atoms with Crippen molar-refractivity contribution in [3.05, 3.63) is 33.8 Å². The lowest BCUT2D eigenvalue weighted by Gasteiger charge is -2.54. The van der Waals surface area contributed by atoms with Crippen molar-refractivity contribution in [2.45, 2.75) is 56.8 Å². The molecule has 3 rings (SSSR count). The van der Waals surface area contributed by atoms with Crippen LogP contribution in [0, 0.1) is 0 Å². The van der Waals surface area contributed by atoms with Gasteiger partial charge in [0.1, 0.15) is 5.67 Å². The first-order valence-corrected chi connectivity index (χ1v) is 11.2. The highest BCUT2D eigenvalue weighted by molar-refractivity contribution is 6.42. The molecule has 8 heteroatoms. The van der Waals surface area contributed by atoms with Crippen molar-refractivity contribution in [1.82, 2.24) is 20.9 Å². The van der Waals surface area contributed by atoms with Gasteiger partial charge in [0.25, 0.3) is 0 Å². The number of hydrogen-bond acceptors (Lipinski definition) is 3. The maximum Gasteiger partial charge on any atom is 0.314 e. The van der Waals surface area contributed by atoms with Crippen molar-refractivity contribution < 1.29 is 9.18 Å². The molecule has 1 saturated carbocycles. The summed E-state index contributed by atoms with van der Waals surface area (Å²) in [5, 5.41) is 9.92. The summed E-state index contributed by atoms with van der Waals surface area (Å²) in [7, 11) is 0. The minimum absolute atomic E-state index is 0.0208. The van der Waals surface area contributed by atoms with Gasteiger partial charge in [0.05, 0.1) is 15.6 Å². The lowest BCUT2D eigenvalue weighted by atomic mass is 9.67. The highest BCUT2D eigenvalue weighted by Gasteiger charge is 2.55. The minimum atomic E-state index is -1.47. The van der Waals surface area contributed by atoms with Gasteiger partial charge in [0.2, 0.25) is 0 Å². The monoisotopic (exact) mass is 444 g/mol. The smallest absolute Gasteiger partial charge is 0.314 e. The number of nitrogens with zero attached hydrogens (tertiary/aromatic N) is 1. The Kier molecular flexibility index (Phi) is 7.31. The average molecular weight is 445 g/mol. The number of alkyl halides is 1. The Labute approximate surface area is 182 Å². The Hall–Kier alpha value is -1.08. The standard InChI is InChI=1S/C21H31Cl2FN4O/c1-3-26-19(29)27-15-7-9-21(24,10-8-15)20(2,28-13-11-25-12-14-28)16-5-4-6-17(22)18(16)23/h4-6,15,25H,3,7-14H2,1-2H3,(H2,26,27,29). The van der Waals surface area contributed by atoms with E-state index in [4.69, 9.17) is 23.2 Å². The highest BCUT2D eigenvalue weighted by atomic mass is 35.5. The Morgan fingerprint density at radius 3 is 2.59 bits per heavy atom. The molecule has 2 fully saturated rings. The van der Waals surface area contributed by atoms with Gasteiger partial charge < -0.3 is 16.0 Å². The minimum Gasteiger partial charge on any atom is -0.338 e. The number of hydrogen-bond donors (Lipinski definition) is 3. The summed E-state index contributed by atoms with van der Waals surface area (Å²) in [6.07, 6.45) is 1.89. The van der Waals surface area contributed by atoms with Crippen LogP contribution in [0.4, 0.5) is 9.18 Å². The van der Waals surface area contributed by atoms with E-state index in [2.05, 4.69) is 20.9 Å². The molecule has 1 aliphatic heterocycles. The van der Waals surface area contributed by atoms with E-state index in [1.165, 1.54) is 0 Å². The van der Waals surface area contributed by atoms with Crippen LogP contribution in [0.1, 0.15) is 45.1 Å². The fourth-order valence-electron chi connectivity index (χ4n) is 4.79. The van der Waals surface area contributed by atoms with Gasteiger partial charge in [-0.2, -0.15) is 0 Å². The summed E-state index contributed by atoms with van der Waals surface area (Å²) in [6, 6.07) is 5.27. The molecule has 0 bridgehead atoms. The summed E-state index contributed by atoms with van der Waals surface area (Å²) in [6.45, 7) is 7.52. The normalized spacial score (nSPS) is 27.8. The van der Waals surface area contributed by atoms with Crippen LogP contribution in [-0.2, 0) is 5.54 Å². The molecule has 2 amide bonds. The molecule has 3 N–H and O–H groups in total. The fraction of sp³-hybridized carbons (Fsp3) is 0.667. The van der Waals surface area contributed by atoms with Gasteiger partial charge in [-0.3, -0.25) is 4.90 Å². The predicted octanol–water partition coefficient (Wildman–Crippen LogP) is 4.08. The predicted molar refractivity (Wildman–Crippen MR) is 117 cm³/mol. The molecule has 1 saturated heterocycles. The van der Waals surface area contributed by atoms with Gasteiger partial charge in [0, 0.05) is 38.8 Å². The van der Waals surface area contributed by atoms with E-state index in [-0.39, 0.29) is 12.1 Å². The molecule has 1 aromatic carbocycles. The van der Waals surface area contributed by atoms with Gasteiger partial charge in [-0.15, -0.1) is 0 Å². The number of carbonyl (C=O) groups excluding carboxylic acids is 1. The van der Waals surface area contributed by atoms with Crippen LogP contribution >= 0.6 is 23.2 Å². The quantitative estimate of drug-likeness (QED) is 0.640. The SMILES string of the molecule is CCNC(=O)NC1CCC(F)(C(C)(c2cccc(Cl)c2Cl)N2CCNCC2)CC1. The molecule has 0 spiro atoms. The molecule has 0 aromatic heterocycles. The van der Waals surface area contributed by atoms with E-state index in [9.17, 15) is 4.79 Å². The molecular weight excluding hydrogens is 414 g/mol. The summed E-state index contributed by atoms with van der Waals surface area (Å²) in [5.74, 6) is 0. The molecular formula is C21H31Cl2FN4O. The van der Waals surface area contributed by atoms with Crippen molar-refractivity contribution in [3.63, 3.8) is 0 Å². The van der Waals surface area contributed by atoms with Crippen LogP contribution in [0.5, 0.6) is 0 Å². The lowest BCUT2D eigenvalue weighted by Crippen LogP contribution is -2.63. The second kappa shape index (κ2) is 9.38. The first-order chi connectivity index (χ1) is 13.8. The van der Waals surface area contributed by atoms with Crippen LogP contribution < -0.4 is 16.0 Å². The van der Waals surface area contributed by atoms with E-state index in [0.717, 1.165) is 31.7 Å². The van der Waals surface area contributed by atoms with E-state index < -0.39 is 11.2 Å². The second-order valence-corrected chi connectivity index (χ2v) is 8.94. The Balaban J connectivity index is 1.88. The summed E-state index contributed by atoms with van der Waals surface area (Å²) in [5.41, 5.74) is -1.63. The average Bonchev–Trinajstić information content (AvgIpc) is 2.72. The first kappa shape index (κ1) is 22.6. The van der Waals surface area contributed by atoms with Gasteiger partial charge >= 0.3 is 6.03 Å².